The van der Waals surface area contributed by atoms with E-state index in [1.807, 2.05) is 0 Å². The summed E-state index contributed by atoms with van der Waals surface area (Å²) in [6.07, 6.45) is 3.75. The Kier molecular flexibility index (Phi) is 4.45. The highest BCUT2D eigenvalue weighted by Crippen LogP contribution is 2.24. The maximum atomic E-state index is 5.51. The molecule has 0 radical (unpaired) electrons. The van der Waals surface area contributed by atoms with E-state index in [1.165, 1.54) is 24.1 Å². The summed E-state index contributed by atoms with van der Waals surface area (Å²) in [4.78, 5) is 7.15. The first-order valence-corrected chi connectivity index (χ1v) is 8.18. The van der Waals surface area contributed by atoms with E-state index >= 15 is 0 Å². The molecule has 21 heavy (non-hydrogen) atoms. The Balaban J connectivity index is 1.79. The van der Waals surface area contributed by atoms with Crippen LogP contribution in [0.25, 0.3) is 0 Å². The fourth-order valence-electron chi connectivity index (χ4n) is 2.74. The van der Waals surface area contributed by atoms with Gasteiger partial charge in [0, 0.05) is 31.9 Å². The molecule has 0 bridgehead atoms. The molecule has 2 heterocycles. The number of hydrogen-bond acceptors (Lipinski definition) is 4. The molecule has 1 saturated heterocycles. The number of ether oxygens (including phenoxy) is 1. The van der Waals surface area contributed by atoms with Crippen molar-refractivity contribution in [1.82, 2.24) is 10.3 Å². The Morgan fingerprint density at radius 2 is 2.14 bits per heavy atom. The molecular weight excluding hydrogens is 262 g/mol. The summed E-state index contributed by atoms with van der Waals surface area (Å²) in [5, 5.41) is 3.60. The van der Waals surface area contributed by atoms with Gasteiger partial charge in [-0.25, -0.2) is 4.98 Å². The highest BCUT2D eigenvalue weighted by atomic mass is 16.5. The zero-order valence-electron chi connectivity index (χ0n) is 13.4. The predicted octanol–water partition coefficient (Wildman–Crippen LogP) is 2.68. The molecule has 1 saturated carbocycles. The molecule has 116 valence electrons. The van der Waals surface area contributed by atoms with Crippen molar-refractivity contribution in [3.63, 3.8) is 0 Å². The molecule has 0 aromatic carbocycles. The number of aromatic nitrogens is 1. The Labute approximate surface area is 127 Å². The van der Waals surface area contributed by atoms with Crippen LogP contribution >= 0.6 is 0 Å². The van der Waals surface area contributed by atoms with Gasteiger partial charge in [-0.2, -0.15) is 0 Å². The second-order valence-electron chi connectivity index (χ2n) is 6.70. The lowest BCUT2D eigenvalue weighted by molar-refractivity contribution is 0.193. The first kappa shape index (κ1) is 14.8. The number of hydrogen-bond donors (Lipinski definition) is 1. The average Bonchev–Trinajstić information content (AvgIpc) is 3.15. The SMILES string of the molecule is CC(C)c1cc(CNC2CC2)cc(N(C)C2CCOC2)n1. The number of nitrogens with zero attached hydrogens (tertiary/aromatic N) is 2. The van der Waals surface area contributed by atoms with Crippen molar-refractivity contribution in [3.8, 4) is 0 Å². The molecule has 4 heteroatoms. The average molecular weight is 289 g/mol. The van der Waals surface area contributed by atoms with Gasteiger partial charge in [0.1, 0.15) is 5.82 Å². The van der Waals surface area contributed by atoms with Crippen molar-refractivity contribution >= 4 is 5.82 Å². The van der Waals surface area contributed by atoms with Gasteiger partial charge < -0.3 is 15.0 Å². The predicted molar refractivity (Wildman–Crippen MR) is 85.8 cm³/mol. The quantitative estimate of drug-likeness (QED) is 0.873. The van der Waals surface area contributed by atoms with E-state index in [-0.39, 0.29) is 0 Å². The largest absolute Gasteiger partial charge is 0.379 e. The Morgan fingerprint density at radius 3 is 2.76 bits per heavy atom. The van der Waals surface area contributed by atoms with Crippen LogP contribution in [0.1, 0.15) is 50.3 Å². The first-order chi connectivity index (χ1) is 10.1. The van der Waals surface area contributed by atoms with Crippen molar-refractivity contribution < 1.29 is 4.74 Å². The van der Waals surface area contributed by atoms with E-state index in [0.717, 1.165) is 38.0 Å². The Morgan fingerprint density at radius 1 is 1.33 bits per heavy atom. The molecule has 1 N–H and O–H groups in total. The number of rotatable bonds is 6. The van der Waals surface area contributed by atoms with Crippen LogP contribution in [-0.4, -0.2) is 37.3 Å². The fourth-order valence-corrected chi connectivity index (χ4v) is 2.74. The summed E-state index contributed by atoms with van der Waals surface area (Å²) >= 11 is 0. The minimum atomic E-state index is 0.456. The van der Waals surface area contributed by atoms with Gasteiger partial charge >= 0.3 is 0 Å². The maximum absolute atomic E-state index is 5.51. The van der Waals surface area contributed by atoms with Gasteiger partial charge in [0.25, 0.3) is 0 Å². The number of nitrogens with one attached hydrogen (secondary N) is 1. The van der Waals surface area contributed by atoms with E-state index in [0.29, 0.717) is 12.0 Å². The summed E-state index contributed by atoms with van der Waals surface area (Å²) in [6, 6.07) is 5.69. The number of pyridine rings is 1. The van der Waals surface area contributed by atoms with E-state index in [9.17, 15) is 0 Å². The monoisotopic (exact) mass is 289 g/mol. The standard InChI is InChI=1S/C17H27N3O/c1-12(2)16-8-13(10-18-14-4-5-14)9-17(19-16)20(3)15-6-7-21-11-15/h8-9,12,14-15,18H,4-7,10-11H2,1-3H3. The minimum absolute atomic E-state index is 0.456. The highest BCUT2D eigenvalue weighted by Gasteiger charge is 2.23. The molecule has 1 unspecified atom stereocenters. The third kappa shape index (κ3) is 3.74. The molecule has 2 aliphatic rings. The molecule has 1 aromatic heterocycles. The molecule has 1 aliphatic heterocycles. The van der Waals surface area contributed by atoms with Crippen LogP contribution in [0.15, 0.2) is 12.1 Å². The van der Waals surface area contributed by atoms with Crippen LogP contribution in [-0.2, 0) is 11.3 Å². The van der Waals surface area contributed by atoms with Gasteiger partial charge in [0.05, 0.1) is 12.6 Å². The van der Waals surface area contributed by atoms with E-state index in [2.05, 4.69) is 43.2 Å². The van der Waals surface area contributed by atoms with E-state index in [4.69, 9.17) is 9.72 Å². The van der Waals surface area contributed by atoms with Crippen molar-refractivity contribution in [2.45, 2.75) is 57.7 Å². The Hall–Kier alpha value is -1.13. The lowest BCUT2D eigenvalue weighted by Gasteiger charge is -2.26. The van der Waals surface area contributed by atoms with Crippen molar-refractivity contribution in [1.29, 1.82) is 0 Å². The minimum Gasteiger partial charge on any atom is -0.379 e. The van der Waals surface area contributed by atoms with Crippen LogP contribution in [0, 0.1) is 0 Å². The smallest absolute Gasteiger partial charge is 0.129 e. The second-order valence-corrected chi connectivity index (χ2v) is 6.70. The summed E-state index contributed by atoms with van der Waals surface area (Å²) in [5.74, 6) is 1.54. The van der Waals surface area contributed by atoms with Crippen LogP contribution in [0.3, 0.4) is 0 Å². The number of anilines is 1. The zero-order valence-corrected chi connectivity index (χ0v) is 13.4. The van der Waals surface area contributed by atoms with E-state index < -0.39 is 0 Å². The molecule has 1 aromatic rings. The van der Waals surface area contributed by atoms with Gasteiger partial charge in [0.15, 0.2) is 0 Å². The summed E-state index contributed by atoms with van der Waals surface area (Å²) in [7, 11) is 2.14. The molecule has 1 aliphatic carbocycles. The molecule has 2 fully saturated rings. The molecule has 4 nitrogen and oxygen atoms in total. The number of likely N-dealkylation sites (N-methyl/N-ethyl adjacent to an activating group) is 1. The van der Waals surface area contributed by atoms with Crippen LogP contribution in [0.2, 0.25) is 0 Å². The van der Waals surface area contributed by atoms with Crippen LogP contribution < -0.4 is 10.2 Å². The van der Waals surface area contributed by atoms with Crippen molar-refractivity contribution in [2.24, 2.45) is 0 Å². The molecule has 1 atom stereocenters. The molecular formula is C17H27N3O. The van der Waals surface area contributed by atoms with Crippen LogP contribution in [0.4, 0.5) is 5.82 Å². The van der Waals surface area contributed by atoms with Crippen LogP contribution in [0.5, 0.6) is 0 Å². The molecule has 0 amide bonds. The normalized spacial score (nSPS) is 22.0. The summed E-state index contributed by atoms with van der Waals surface area (Å²) in [5.41, 5.74) is 2.53. The second kappa shape index (κ2) is 6.32. The highest BCUT2D eigenvalue weighted by molar-refractivity contribution is 5.44. The van der Waals surface area contributed by atoms with Gasteiger partial charge in [-0.05, 0) is 42.9 Å². The molecule has 0 spiro atoms. The van der Waals surface area contributed by atoms with Crippen molar-refractivity contribution in [2.75, 3.05) is 25.2 Å². The zero-order chi connectivity index (χ0) is 14.8. The van der Waals surface area contributed by atoms with Gasteiger partial charge in [0.2, 0.25) is 0 Å². The van der Waals surface area contributed by atoms with Gasteiger partial charge in [-0.3, -0.25) is 0 Å². The first-order valence-electron chi connectivity index (χ1n) is 8.18. The third-order valence-corrected chi connectivity index (χ3v) is 4.47. The summed E-state index contributed by atoms with van der Waals surface area (Å²) < 4.78 is 5.51. The van der Waals surface area contributed by atoms with E-state index in [1.54, 1.807) is 0 Å². The fraction of sp³-hybridized carbons (Fsp3) is 0.706. The Bertz CT molecular complexity index is 479. The third-order valence-electron chi connectivity index (χ3n) is 4.47. The topological polar surface area (TPSA) is 37.4 Å². The van der Waals surface area contributed by atoms with Gasteiger partial charge in [-0.1, -0.05) is 13.8 Å². The molecule has 3 rings (SSSR count). The van der Waals surface area contributed by atoms with Crippen molar-refractivity contribution in [3.05, 3.63) is 23.4 Å². The lowest BCUT2D eigenvalue weighted by Crippen LogP contribution is -2.32. The van der Waals surface area contributed by atoms with Gasteiger partial charge in [-0.15, -0.1) is 0 Å². The maximum Gasteiger partial charge on any atom is 0.129 e. The lowest BCUT2D eigenvalue weighted by atomic mass is 10.1. The summed E-state index contributed by atoms with van der Waals surface area (Å²) in [6.45, 7) is 7.06.